The maximum atomic E-state index is 3.66. The predicted molar refractivity (Wildman–Crippen MR) is 83.3 cm³/mol. The molecular weight excluding hydrogens is 238 g/mol. The maximum Gasteiger partial charge on any atom is 0.00966 e. The van der Waals surface area contributed by atoms with E-state index in [1.807, 2.05) is 11.3 Å². The van der Waals surface area contributed by atoms with Crippen molar-refractivity contribution in [3.05, 3.63) is 22.4 Å². The molecule has 1 aromatic rings. The molecule has 1 aromatic heterocycles. The van der Waals surface area contributed by atoms with Crippen LogP contribution < -0.4 is 5.32 Å². The summed E-state index contributed by atoms with van der Waals surface area (Å²) in [6.07, 6.45) is 3.86. The van der Waals surface area contributed by atoms with Crippen molar-refractivity contribution in [3.63, 3.8) is 0 Å². The zero-order valence-corrected chi connectivity index (χ0v) is 13.4. The van der Waals surface area contributed by atoms with Crippen molar-refractivity contribution < 1.29 is 0 Å². The van der Waals surface area contributed by atoms with Crippen molar-refractivity contribution in [3.8, 4) is 0 Å². The average molecular weight is 267 g/mol. The molecule has 0 bridgehead atoms. The van der Waals surface area contributed by atoms with E-state index in [0.717, 1.165) is 18.4 Å². The van der Waals surface area contributed by atoms with E-state index in [2.05, 4.69) is 56.8 Å². The zero-order chi connectivity index (χ0) is 13.6. The van der Waals surface area contributed by atoms with E-state index >= 15 is 0 Å². The molecule has 0 aromatic carbocycles. The van der Waals surface area contributed by atoms with Gasteiger partial charge in [0.25, 0.3) is 0 Å². The SMILES string of the molecule is CC(C)CC(CCc1ccsc1)CNC(C)(C)C. The molecule has 1 heterocycles. The highest BCUT2D eigenvalue weighted by atomic mass is 32.1. The number of aryl methyl sites for hydroxylation is 1. The van der Waals surface area contributed by atoms with Crippen LogP contribution in [0.25, 0.3) is 0 Å². The number of rotatable bonds is 7. The van der Waals surface area contributed by atoms with Crippen molar-refractivity contribution in [2.24, 2.45) is 11.8 Å². The Morgan fingerprint density at radius 3 is 2.50 bits per heavy atom. The van der Waals surface area contributed by atoms with Crippen LogP contribution in [0, 0.1) is 11.8 Å². The molecule has 0 aliphatic heterocycles. The van der Waals surface area contributed by atoms with Crippen molar-refractivity contribution in [1.82, 2.24) is 5.32 Å². The van der Waals surface area contributed by atoms with Crippen LogP contribution in [0.2, 0.25) is 0 Å². The molecule has 2 heteroatoms. The van der Waals surface area contributed by atoms with Gasteiger partial charge < -0.3 is 5.32 Å². The molecule has 0 saturated heterocycles. The Hall–Kier alpha value is -0.340. The average Bonchev–Trinajstić information content (AvgIpc) is 2.73. The number of thiophene rings is 1. The second kappa shape index (κ2) is 7.30. The van der Waals surface area contributed by atoms with Gasteiger partial charge in [-0.25, -0.2) is 0 Å². The number of nitrogens with one attached hydrogen (secondary N) is 1. The normalized spacial score (nSPS) is 14.1. The second-order valence-corrected chi connectivity index (χ2v) is 7.58. The van der Waals surface area contributed by atoms with Crippen LogP contribution in [0.1, 0.15) is 53.0 Å². The van der Waals surface area contributed by atoms with Crippen LogP contribution in [0.15, 0.2) is 16.8 Å². The van der Waals surface area contributed by atoms with Crippen molar-refractivity contribution in [2.45, 2.75) is 59.4 Å². The first-order valence-corrected chi connectivity index (χ1v) is 8.07. The standard InChI is InChI=1S/C16H29NS/c1-13(2)10-15(11-17-16(3,4)5)7-6-14-8-9-18-12-14/h8-9,12-13,15,17H,6-7,10-11H2,1-5H3. The fourth-order valence-corrected chi connectivity index (χ4v) is 2.93. The quantitative estimate of drug-likeness (QED) is 0.753. The van der Waals surface area contributed by atoms with Crippen LogP contribution in [0.5, 0.6) is 0 Å². The summed E-state index contributed by atoms with van der Waals surface area (Å²) >= 11 is 1.81. The van der Waals surface area contributed by atoms with Gasteiger partial charge in [-0.05, 0) is 80.8 Å². The lowest BCUT2D eigenvalue weighted by Crippen LogP contribution is -2.39. The van der Waals surface area contributed by atoms with Gasteiger partial charge in [0.05, 0.1) is 0 Å². The summed E-state index contributed by atoms with van der Waals surface area (Å²) in [5.41, 5.74) is 1.74. The zero-order valence-electron chi connectivity index (χ0n) is 12.6. The summed E-state index contributed by atoms with van der Waals surface area (Å²) in [5, 5.41) is 8.12. The molecule has 1 atom stereocenters. The van der Waals surface area contributed by atoms with E-state index in [4.69, 9.17) is 0 Å². The molecule has 1 unspecified atom stereocenters. The lowest BCUT2D eigenvalue weighted by atomic mass is 9.91. The Morgan fingerprint density at radius 2 is 2.00 bits per heavy atom. The van der Waals surface area contributed by atoms with Crippen LogP contribution in [-0.2, 0) is 6.42 Å². The van der Waals surface area contributed by atoms with E-state index in [1.54, 1.807) is 0 Å². The predicted octanol–water partition coefficient (Wildman–Crippen LogP) is 4.73. The van der Waals surface area contributed by atoms with Gasteiger partial charge in [-0.2, -0.15) is 11.3 Å². The summed E-state index contributed by atoms with van der Waals surface area (Å²) in [7, 11) is 0. The Bertz CT molecular complexity index is 308. The van der Waals surface area contributed by atoms with E-state index in [9.17, 15) is 0 Å². The molecule has 0 radical (unpaired) electrons. The third-order valence-corrected chi connectivity index (χ3v) is 3.88. The van der Waals surface area contributed by atoms with Crippen LogP contribution in [-0.4, -0.2) is 12.1 Å². The number of hydrogen-bond donors (Lipinski definition) is 1. The summed E-state index contributed by atoms with van der Waals surface area (Å²) < 4.78 is 0. The monoisotopic (exact) mass is 267 g/mol. The van der Waals surface area contributed by atoms with Gasteiger partial charge in [0.15, 0.2) is 0 Å². The Morgan fingerprint density at radius 1 is 1.28 bits per heavy atom. The highest BCUT2D eigenvalue weighted by Gasteiger charge is 2.15. The summed E-state index contributed by atoms with van der Waals surface area (Å²) in [4.78, 5) is 0. The minimum Gasteiger partial charge on any atom is -0.312 e. The molecule has 0 spiro atoms. The van der Waals surface area contributed by atoms with Crippen molar-refractivity contribution in [1.29, 1.82) is 0 Å². The minimum absolute atomic E-state index is 0.234. The molecule has 1 N–H and O–H groups in total. The van der Waals surface area contributed by atoms with Gasteiger partial charge in [0.1, 0.15) is 0 Å². The first-order chi connectivity index (χ1) is 8.37. The molecule has 0 saturated carbocycles. The van der Waals surface area contributed by atoms with Crippen molar-refractivity contribution >= 4 is 11.3 Å². The fraction of sp³-hybridized carbons (Fsp3) is 0.750. The molecule has 1 rings (SSSR count). The van der Waals surface area contributed by atoms with Crippen LogP contribution in [0.3, 0.4) is 0 Å². The van der Waals surface area contributed by atoms with Crippen LogP contribution in [0.4, 0.5) is 0 Å². The fourth-order valence-electron chi connectivity index (χ4n) is 2.23. The Labute approximate surface area is 117 Å². The third kappa shape index (κ3) is 7.17. The Kier molecular flexibility index (Phi) is 6.37. The van der Waals surface area contributed by atoms with Crippen molar-refractivity contribution in [2.75, 3.05) is 6.54 Å². The van der Waals surface area contributed by atoms with Gasteiger partial charge in [-0.3, -0.25) is 0 Å². The van der Waals surface area contributed by atoms with E-state index < -0.39 is 0 Å². The molecule has 18 heavy (non-hydrogen) atoms. The molecule has 0 aliphatic rings. The topological polar surface area (TPSA) is 12.0 Å². The molecule has 104 valence electrons. The lowest BCUT2D eigenvalue weighted by molar-refractivity contribution is 0.320. The Balaban J connectivity index is 2.39. The highest BCUT2D eigenvalue weighted by Crippen LogP contribution is 2.19. The van der Waals surface area contributed by atoms with Gasteiger partial charge in [-0.1, -0.05) is 13.8 Å². The molecule has 0 amide bonds. The van der Waals surface area contributed by atoms with Gasteiger partial charge in [0, 0.05) is 5.54 Å². The van der Waals surface area contributed by atoms with E-state index in [1.165, 1.54) is 24.8 Å². The molecule has 0 fully saturated rings. The minimum atomic E-state index is 0.234. The third-order valence-electron chi connectivity index (χ3n) is 3.15. The maximum absolute atomic E-state index is 3.66. The summed E-state index contributed by atoms with van der Waals surface area (Å²) in [6.45, 7) is 12.5. The van der Waals surface area contributed by atoms with Gasteiger partial charge >= 0.3 is 0 Å². The molecule has 1 nitrogen and oxygen atoms in total. The molecule has 0 aliphatic carbocycles. The smallest absolute Gasteiger partial charge is 0.00966 e. The van der Waals surface area contributed by atoms with E-state index in [0.29, 0.717) is 0 Å². The highest BCUT2D eigenvalue weighted by molar-refractivity contribution is 7.07. The second-order valence-electron chi connectivity index (χ2n) is 6.80. The summed E-state index contributed by atoms with van der Waals surface area (Å²) in [6, 6.07) is 2.26. The summed E-state index contributed by atoms with van der Waals surface area (Å²) in [5.74, 6) is 1.59. The first-order valence-electron chi connectivity index (χ1n) is 7.13. The van der Waals surface area contributed by atoms with Gasteiger partial charge in [-0.15, -0.1) is 0 Å². The lowest BCUT2D eigenvalue weighted by Gasteiger charge is -2.26. The van der Waals surface area contributed by atoms with Gasteiger partial charge in [0.2, 0.25) is 0 Å². The first kappa shape index (κ1) is 15.7. The molecular formula is C16H29NS. The van der Waals surface area contributed by atoms with E-state index in [-0.39, 0.29) is 5.54 Å². The largest absolute Gasteiger partial charge is 0.312 e. The van der Waals surface area contributed by atoms with Crippen LogP contribution >= 0.6 is 11.3 Å². The number of hydrogen-bond acceptors (Lipinski definition) is 2.